The van der Waals surface area contributed by atoms with Gasteiger partial charge in [-0.15, -0.1) is 0 Å². The molecule has 0 radical (unpaired) electrons. The van der Waals surface area contributed by atoms with Crippen LogP contribution in [0.3, 0.4) is 0 Å². The third-order valence-corrected chi connectivity index (χ3v) is 5.45. The normalized spacial score (nSPS) is 10.7. The van der Waals surface area contributed by atoms with Gasteiger partial charge in [0, 0.05) is 0 Å². The number of rotatable bonds is 7. The number of anilines is 1. The van der Waals surface area contributed by atoms with Gasteiger partial charge in [0.05, 0.1) is 10.2 Å². The lowest BCUT2D eigenvalue weighted by molar-refractivity contribution is -0.121. The number of nitrogens with zero attached hydrogens (tertiary/aromatic N) is 1. The largest absolute Gasteiger partial charge is 0.484 e. The molecule has 152 valence electrons. The van der Waals surface area contributed by atoms with E-state index < -0.39 is 0 Å². The van der Waals surface area contributed by atoms with Gasteiger partial charge in [-0.3, -0.25) is 10.1 Å². The van der Waals surface area contributed by atoms with Crippen LogP contribution in [0.2, 0.25) is 0 Å². The van der Waals surface area contributed by atoms with Crippen molar-refractivity contribution in [2.24, 2.45) is 0 Å². The fraction of sp³-hybridized carbons (Fsp3) is 0.318. The zero-order chi connectivity index (χ0) is 20.8. The zero-order valence-electron chi connectivity index (χ0n) is 16.9. The quantitative estimate of drug-likeness (QED) is 0.511. The molecule has 5 nitrogen and oxygen atoms in total. The highest BCUT2D eigenvalue weighted by molar-refractivity contribution is 7.80. The smallest absolute Gasteiger partial charge is 0.264 e. The van der Waals surface area contributed by atoms with E-state index in [2.05, 4.69) is 40.7 Å². The van der Waals surface area contributed by atoms with Gasteiger partial charge in [-0.2, -0.15) is 0 Å². The number of nitrogens with one attached hydrogen (secondary N) is 2. The molecular weight excluding hydrogens is 402 g/mol. The first kappa shape index (κ1) is 21.2. The van der Waals surface area contributed by atoms with Crippen LogP contribution >= 0.6 is 23.6 Å². The fourth-order valence-electron chi connectivity index (χ4n) is 3.02. The first-order valence-corrected chi connectivity index (χ1v) is 10.9. The Hall–Kier alpha value is -2.51. The maximum Gasteiger partial charge on any atom is 0.264 e. The molecule has 0 spiro atoms. The summed E-state index contributed by atoms with van der Waals surface area (Å²) < 4.78 is 6.67. The van der Waals surface area contributed by atoms with E-state index in [1.54, 1.807) is 0 Å². The Labute approximate surface area is 180 Å². The maximum absolute atomic E-state index is 12.1. The van der Waals surface area contributed by atoms with E-state index in [0.717, 1.165) is 27.8 Å². The van der Waals surface area contributed by atoms with Crippen molar-refractivity contribution >= 4 is 49.9 Å². The Bertz CT molecular complexity index is 1010. The third kappa shape index (κ3) is 6.24. The second kappa shape index (κ2) is 9.80. The topological polar surface area (TPSA) is 63.2 Å². The van der Waals surface area contributed by atoms with Crippen molar-refractivity contribution < 1.29 is 9.53 Å². The van der Waals surface area contributed by atoms with Crippen LogP contribution in [-0.2, 0) is 11.2 Å². The molecule has 29 heavy (non-hydrogen) atoms. The summed E-state index contributed by atoms with van der Waals surface area (Å²) in [4.78, 5) is 16.7. The molecule has 1 aromatic heterocycles. The molecule has 2 aromatic carbocycles. The summed E-state index contributed by atoms with van der Waals surface area (Å²) in [5, 5.41) is 6.50. The van der Waals surface area contributed by atoms with Crippen LogP contribution in [0, 0.1) is 13.8 Å². The van der Waals surface area contributed by atoms with Crippen molar-refractivity contribution in [1.29, 1.82) is 0 Å². The van der Waals surface area contributed by atoms with Crippen LogP contribution in [0.1, 0.15) is 36.5 Å². The van der Waals surface area contributed by atoms with E-state index in [-0.39, 0.29) is 17.6 Å². The summed E-state index contributed by atoms with van der Waals surface area (Å²) in [6.07, 6.45) is 3.42. The van der Waals surface area contributed by atoms with Gasteiger partial charge in [-0.1, -0.05) is 36.8 Å². The lowest BCUT2D eigenvalue weighted by Crippen LogP contribution is -2.37. The van der Waals surface area contributed by atoms with Gasteiger partial charge >= 0.3 is 0 Å². The standard InChI is InChI=1S/C22H25N3O2S2/c1-4-5-6-16-7-8-18-19(12-16)29-22(23-18)25-21(28)24-20(26)13-27-17-10-14(2)9-15(3)11-17/h7-12H,4-6,13H2,1-3H3,(H2,23,24,25,26,28). The summed E-state index contributed by atoms with van der Waals surface area (Å²) in [7, 11) is 0. The fourth-order valence-corrected chi connectivity index (χ4v) is 4.22. The third-order valence-electron chi connectivity index (χ3n) is 4.31. The number of carbonyl (C=O) groups excluding carboxylic acids is 1. The van der Waals surface area contributed by atoms with Crippen molar-refractivity contribution in [3.63, 3.8) is 0 Å². The monoisotopic (exact) mass is 427 g/mol. The Morgan fingerprint density at radius 2 is 1.93 bits per heavy atom. The minimum Gasteiger partial charge on any atom is -0.484 e. The highest BCUT2D eigenvalue weighted by Gasteiger charge is 2.10. The molecule has 0 saturated heterocycles. The molecule has 1 heterocycles. The van der Waals surface area contributed by atoms with E-state index >= 15 is 0 Å². The van der Waals surface area contributed by atoms with Gasteiger partial charge in [0.2, 0.25) is 0 Å². The Kier molecular flexibility index (Phi) is 7.17. The average Bonchev–Trinajstić information content (AvgIpc) is 3.05. The molecule has 3 aromatic rings. The second-order valence-corrected chi connectivity index (χ2v) is 8.48. The van der Waals surface area contributed by atoms with Crippen LogP contribution in [-0.4, -0.2) is 22.6 Å². The number of benzene rings is 2. The summed E-state index contributed by atoms with van der Waals surface area (Å²) >= 11 is 6.76. The van der Waals surface area contributed by atoms with Crippen molar-refractivity contribution in [3.8, 4) is 5.75 Å². The van der Waals surface area contributed by atoms with Crippen molar-refractivity contribution in [2.45, 2.75) is 40.0 Å². The molecular formula is C22H25N3O2S2. The van der Waals surface area contributed by atoms with Gasteiger partial charge in [-0.05, 0) is 79.9 Å². The van der Waals surface area contributed by atoms with E-state index in [9.17, 15) is 4.79 Å². The second-order valence-electron chi connectivity index (χ2n) is 7.04. The molecule has 0 saturated carbocycles. The predicted octanol–water partition coefficient (Wildman–Crippen LogP) is 5.15. The molecule has 0 unspecified atom stereocenters. The minimum absolute atomic E-state index is 0.106. The van der Waals surface area contributed by atoms with E-state index in [4.69, 9.17) is 17.0 Å². The van der Waals surface area contributed by atoms with Crippen LogP contribution in [0.15, 0.2) is 36.4 Å². The number of hydrogen-bond donors (Lipinski definition) is 2. The predicted molar refractivity (Wildman–Crippen MR) is 124 cm³/mol. The maximum atomic E-state index is 12.1. The van der Waals surface area contributed by atoms with Crippen LogP contribution in [0.5, 0.6) is 5.75 Å². The molecule has 7 heteroatoms. The average molecular weight is 428 g/mol. The van der Waals surface area contributed by atoms with E-state index in [0.29, 0.717) is 10.9 Å². The first-order chi connectivity index (χ1) is 13.9. The summed E-state index contributed by atoms with van der Waals surface area (Å²) in [5.41, 5.74) is 4.41. The lowest BCUT2D eigenvalue weighted by Gasteiger charge is -2.09. The minimum atomic E-state index is -0.315. The molecule has 1 amide bonds. The Balaban J connectivity index is 1.53. The van der Waals surface area contributed by atoms with Crippen molar-refractivity contribution in [1.82, 2.24) is 10.3 Å². The summed E-state index contributed by atoms with van der Waals surface area (Å²) in [6.45, 7) is 6.06. The van der Waals surface area contributed by atoms with Gasteiger partial charge in [0.25, 0.3) is 5.91 Å². The Morgan fingerprint density at radius 1 is 1.17 bits per heavy atom. The van der Waals surface area contributed by atoms with Gasteiger partial charge in [0.15, 0.2) is 16.9 Å². The van der Waals surface area contributed by atoms with E-state index in [1.807, 2.05) is 32.0 Å². The van der Waals surface area contributed by atoms with Crippen molar-refractivity contribution in [3.05, 3.63) is 53.1 Å². The van der Waals surface area contributed by atoms with Gasteiger partial charge < -0.3 is 10.1 Å². The number of carbonyl (C=O) groups is 1. The summed E-state index contributed by atoms with van der Waals surface area (Å²) in [6, 6.07) is 12.2. The lowest BCUT2D eigenvalue weighted by atomic mass is 10.1. The summed E-state index contributed by atoms with van der Waals surface area (Å²) in [5.74, 6) is 0.353. The Morgan fingerprint density at radius 3 is 2.66 bits per heavy atom. The number of thiazole rings is 1. The molecule has 0 aliphatic heterocycles. The van der Waals surface area contributed by atoms with Gasteiger partial charge in [-0.25, -0.2) is 4.98 Å². The molecule has 2 N–H and O–H groups in total. The number of thiocarbonyl (C=S) groups is 1. The number of unbranched alkanes of at least 4 members (excludes halogenated alkanes) is 1. The van der Waals surface area contributed by atoms with Crippen LogP contribution < -0.4 is 15.4 Å². The highest BCUT2D eigenvalue weighted by atomic mass is 32.1. The first-order valence-electron chi connectivity index (χ1n) is 9.64. The molecule has 0 bridgehead atoms. The van der Waals surface area contributed by atoms with E-state index in [1.165, 1.54) is 29.7 Å². The van der Waals surface area contributed by atoms with Crippen LogP contribution in [0.4, 0.5) is 5.13 Å². The number of amides is 1. The number of aromatic nitrogens is 1. The molecule has 0 fully saturated rings. The number of aryl methyl sites for hydroxylation is 3. The molecule has 0 atom stereocenters. The zero-order valence-corrected chi connectivity index (χ0v) is 18.5. The van der Waals surface area contributed by atoms with Crippen LogP contribution in [0.25, 0.3) is 10.2 Å². The number of ether oxygens (including phenoxy) is 1. The SMILES string of the molecule is CCCCc1ccc2nc(NC(=S)NC(=O)COc3cc(C)cc(C)c3)sc2c1. The highest BCUT2D eigenvalue weighted by Crippen LogP contribution is 2.27. The number of fused-ring (bicyclic) bond motifs is 1. The molecule has 0 aliphatic carbocycles. The van der Waals surface area contributed by atoms with Crippen molar-refractivity contribution in [2.75, 3.05) is 11.9 Å². The molecule has 3 rings (SSSR count). The number of hydrogen-bond acceptors (Lipinski definition) is 5. The molecule has 0 aliphatic rings. The van der Waals surface area contributed by atoms with Gasteiger partial charge in [0.1, 0.15) is 5.75 Å².